The van der Waals surface area contributed by atoms with Crippen LogP contribution in [-0.2, 0) is 6.61 Å². The fourth-order valence-electron chi connectivity index (χ4n) is 1.68. The minimum absolute atomic E-state index is 0.261. The molecule has 0 fully saturated rings. The summed E-state index contributed by atoms with van der Waals surface area (Å²) in [5, 5.41) is 7.22. The molecule has 4 nitrogen and oxygen atoms in total. The molecule has 2 aromatic carbocycles. The van der Waals surface area contributed by atoms with Crippen LogP contribution >= 0.6 is 12.2 Å². The van der Waals surface area contributed by atoms with Gasteiger partial charge in [-0.15, -0.1) is 0 Å². The third-order valence-electron chi connectivity index (χ3n) is 2.82. The predicted molar refractivity (Wildman–Crippen MR) is 89.6 cm³/mol. The summed E-state index contributed by atoms with van der Waals surface area (Å²) in [4.78, 5) is 0. The van der Waals surface area contributed by atoms with Crippen LogP contribution in [0.4, 0.5) is 4.39 Å². The molecule has 0 amide bonds. The van der Waals surface area contributed by atoms with Crippen LogP contribution in [0, 0.1) is 5.82 Å². The summed E-state index contributed by atoms with van der Waals surface area (Å²) in [5.41, 5.74) is 4.39. The summed E-state index contributed by atoms with van der Waals surface area (Å²) < 4.78 is 18.6. The summed E-state index contributed by atoms with van der Waals surface area (Å²) in [6.45, 7) is 0.355. The first-order valence-electron chi connectivity index (χ1n) is 6.66. The maximum atomic E-state index is 12.9. The molecule has 0 unspecified atom stereocenters. The quantitative estimate of drug-likeness (QED) is 0.506. The largest absolute Gasteiger partial charge is 0.488 e. The van der Waals surface area contributed by atoms with Crippen molar-refractivity contribution in [3.8, 4) is 5.75 Å². The maximum Gasteiger partial charge on any atom is 0.186 e. The highest BCUT2D eigenvalue weighted by molar-refractivity contribution is 7.80. The number of hydrogen-bond donors (Lipinski definition) is 2. The third kappa shape index (κ3) is 4.82. The first-order chi connectivity index (χ1) is 10.7. The van der Waals surface area contributed by atoms with Gasteiger partial charge in [-0.1, -0.05) is 24.3 Å². The van der Waals surface area contributed by atoms with Crippen LogP contribution in [-0.4, -0.2) is 18.4 Å². The molecule has 0 bridgehead atoms. The summed E-state index contributed by atoms with van der Waals surface area (Å²) in [6.07, 6.45) is 1.63. The Morgan fingerprint density at radius 3 is 2.68 bits per heavy atom. The number of para-hydroxylation sites is 1. The van der Waals surface area contributed by atoms with Gasteiger partial charge >= 0.3 is 0 Å². The Kier molecular flexibility index (Phi) is 5.85. The van der Waals surface area contributed by atoms with E-state index in [-0.39, 0.29) is 5.82 Å². The van der Waals surface area contributed by atoms with Crippen LogP contribution in [0.2, 0.25) is 0 Å². The maximum absolute atomic E-state index is 12.9. The molecule has 0 aliphatic carbocycles. The van der Waals surface area contributed by atoms with Gasteiger partial charge in [0.05, 0.1) is 6.21 Å². The van der Waals surface area contributed by atoms with Gasteiger partial charge in [0.15, 0.2) is 5.11 Å². The second-order valence-corrected chi connectivity index (χ2v) is 4.81. The number of thiocarbonyl (C=S) groups is 1. The SMILES string of the molecule is CNC(=S)NN=Cc1ccccc1OCc1ccc(F)cc1. The van der Waals surface area contributed by atoms with E-state index in [0.29, 0.717) is 17.5 Å². The van der Waals surface area contributed by atoms with Crippen molar-refractivity contribution in [2.24, 2.45) is 5.10 Å². The zero-order valence-electron chi connectivity index (χ0n) is 12.0. The molecular weight excluding hydrogens is 301 g/mol. The Morgan fingerprint density at radius 1 is 1.23 bits per heavy atom. The van der Waals surface area contributed by atoms with Gasteiger partial charge in [0.25, 0.3) is 0 Å². The zero-order valence-corrected chi connectivity index (χ0v) is 12.9. The monoisotopic (exact) mass is 317 g/mol. The predicted octanol–water partition coefficient (Wildman–Crippen LogP) is 2.83. The van der Waals surface area contributed by atoms with Crippen LogP contribution in [0.15, 0.2) is 53.6 Å². The normalized spacial score (nSPS) is 10.5. The lowest BCUT2D eigenvalue weighted by Gasteiger charge is -2.09. The summed E-state index contributed by atoms with van der Waals surface area (Å²) in [5.74, 6) is 0.426. The van der Waals surface area contributed by atoms with E-state index < -0.39 is 0 Å². The van der Waals surface area contributed by atoms with Gasteiger partial charge < -0.3 is 10.1 Å². The average Bonchev–Trinajstić information content (AvgIpc) is 2.55. The average molecular weight is 317 g/mol. The number of nitrogens with zero attached hydrogens (tertiary/aromatic N) is 1. The number of nitrogens with one attached hydrogen (secondary N) is 2. The minimum Gasteiger partial charge on any atom is -0.488 e. The van der Waals surface area contributed by atoms with Gasteiger partial charge in [-0.25, -0.2) is 4.39 Å². The number of hydrazone groups is 1. The van der Waals surface area contributed by atoms with E-state index in [1.807, 2.05) is 24.3 Å². The van der Waals surface area contributed by atoms with Crippen molar-refractivity contribution in [2.75, 3.05) is 7.05 Å². The van der Waals surface area contributed by atoms with Gasteiger partial charge in [0.1, 0.15) is 18.2 Å². The Balaban J connectivity index is 2.01. The van der Waals surface area contributed by atoms with Crippen LogP contribution in [0.1, 0.15) is 11.1 Å². The second kappa shape index (κ2) is 8.09. The van der Waals surface area contributed by atoms with Crippen molar-refractivity contribution in [3.63, 3.8) is 0 Å². The molecule has 0 aromatic heterocycles. The fraction of sp³-hybridized carbons (Fsp3) is 0.125. The van der Waals surface area contributed by atoms with Gasteiger partial charge in [-0.05, 0) is 42.0 Å². The van der Waals surface area contributed by atoms with E-state index in [0.717, 1.165) is 11.1 Å². The molecule has 0 saturated carbocycles. The fourth-order valence-corrected chi connectivity index (χ4v) is 1.73. The van der Waals surface area contributed by atoms with Crippen molar-refractivity contribution < 1.29 is 9.13 Å². The third-order valence-corrected chi connectivity index (χ3v) is 3.12. The highest BCUT2D eigenvalue weighted by Gasteiger charge is 2.02. The lowest BCUT2D eigenvalue weighted by Crippen LogP contribution is -2.28. The molecule has 2 rings (SSSR count). The molecule has 0 aliphatic heterocycles. The van der Waals surface area contributed by atoms with Crippen molar-refractivity contribution >= 4 is 23.5 Å². The summed E-state index contributed by atoms with van der Waals surface area (Å²) >= 11 is 4.93. The van der Waals surface area contributed by atoms with E-state index in [1.54, 1.807) is 25.4 Å². The molecular formula is C16H16FN3OS. The van der Waals surface area contributed by atoms with E-state index in [1.165, 1.54) is 12.1 Å². The number of ether oxygens (including phenoxy) is 1. The van der Waals surface area contributed by atoms with Gasteiger partial charge in [-0.2, -0.15) is 5.10 Å². The van der Waals surface area contributed by atoms with E-state index in [9.17, 15) is 4.39 Å². The summed E-state index contributed by atoms with van der Waals surface area (Å²) in [6, 6.07) is 13.7. The highest BCUT2D eigenvalue weighted by atomic mass is 32.1. The van der Waals surface area contributed by atoms with Crippen LogP contribution in [0.3, 0.4) is 0 Å². The Labute approximate surface area is 134 Å². The standard InChI is InChI=1S/C16H16FN3OS/c1-18-16(22)20-19-10-13-4-2-3-5-15(13)21-11-12-6-8-14(17)9-7-12/h2-10H,11H2,1H3,(H2,18,20,22). The molecule has 2 aromatic rings. The molecule has 6 heteroatoms. The van der Waals surface area contributed by atoms with Gasteiger partial charge in [0.2, 0.25) is 0 Å². The van der Waals surface area contributed by atoms with Crippen molar-refractivity contribution in [2.45, 2.75) is 6.61 Å². The van der Waals surface area contributed by atoms with E-state index in [2.05, 4.69) is 15.8 Å². The molecule has 0 aliphatic rings. The van der Waals surface area contributed by atoms with Crippen molar-refractivity contribution in [1.82, 2.24) is 10.7 Å². The van der Waals surface area contributed by atoms with Crippen LogP contribution in [0.25, 0.3) is 0 Å². The molecule has 2 N–H and O–H groups in total. The number of benzene rings is 2. The molecule has 22 heavy (non-hydrogen) atoms. The highest BCUT2D eigenvalue weighted by Crippen LogP contribution is 2.17. The van der Waals surface area contributed by atoms with E-state index in [4.69, 9.17) is 17.0 Å². The number of halogens is 1. The summed E-state index contributed by atoms with van der Waals surface area (Å²) in [7, 11) is 1.71. The van der Waals surface area contributed by atoms with Crippen molar-refractivity contribution in [3.05, 3.63) is 65.5 Å². The van der Waals surface area contributed by atoms with Gasteiger partial charge in [0, 0.05) is 12.6 Å². The molecule has 0 radical (unpaired) electrons. The lowest BCUT2D eigenvalue weighted by atomic mass is 10.2. The first-order valence-corrected chi connectivity index (χ1v) is 7.07. The minimum atomic E-state index is -0.261. The molecule has 114 valence electrons. The van der Waals surface area contributed by atoms with E-state index >= 15 is 0 Å². The van der Waals surface area contributed by atoms with Crippen LogP contribution in [0.5, 0.6) is 5.75 Å². The lowest BCUT2D eigenvalue weighted by molar-refractivity contribution is 0.305. The smallest absolute Gasteiger partial charge is 0.186 e. The Hall–Kier alpha value is -2.47. The molecule has 0 atom stereocenters. The second-order valence-electron chi connectivity index (χ2n) is 4.40. The first kappa shape index (κ1) is 15.9. The molecule has 0 saturated heterocycles. The Bertz CT molecular complexity index is 659. The van der Waals surface area contributed by atoms with Crippen molar-refractivity contribution in [1.29, 1.82) is 0 Å². The Morgan fingerprint density at radius 2 is 1.95 bits per heavy atom. The number of rotatable bonds is 5. The number of hydrogen-bond acceptors (Lipinski definition) is 3. The zero-order chi connectivity index (χ0) is 15.8. The molecule has 0 heterocycles. The molecule has 0 spiro atoms. The van der Waals surface area contributed by atoms with Gasteiger partial charge in [-0.3, -0.25) is 5.43 Å². The van der Waals surface area contributed by atoms with Crippen LogP contribution < -0.4 is 15.5 Å². The topological polar surface area (TPSA) is 45.7 Å².